The molecule has 0 unspecified atom stereocenters. The quantitative estimate of drug-likeness (QED) is 0.464. The zero-order valence-corrected chi connectivity index (χ0v) is 21.9. The maximum Gasteiger partial charge on any atom is 0.219 e. The Kier molecular flexibility index (Phi) is 6.38. The van der Waals surface area contributed by atoms with E-state index in [9.17, 15) is 10.1 Å². The Morgan fingerprint density at radius 3 is 2.62 bits per heavy atom. The summed E-state index contributed by atoms with van der Waals surface area (Å²) < 4.78 is 1.30. The van der Waals surface area contributed by atoms with Crippen LogP contribution in [-0.4, -0.2) is 21.2 Å². The lowest BCUT2D eigenvalue weighted by molar-refractivity contribution is -0.118. The summed E-state index contributed by atoms with van der Waals surface area (Å²) in [5.41, 5.74) is 7.91. The van der Waals surface area contributed by atoms with E-state index in [1.54, 1.807) is 22.7 Å². The van der Waals surface area contributed by atoms with Crippen molar-refractivity contribution in [1.82, 2.24) is 10.2 Å². The third-order valence-corrected chi connectivity index (χ3v) is 9.00. The number of halogens is 2. The van der Waals surface area contributed by atoms with E-state index in [2.05, 4.69) is 44.0 Å². The number of nitrogens with zero attached hydrogens (tertiary/aromatic N) is 4. The number of thioether (sulfide) groups is 1. The molecule has 2 aliphatic rings. The number of ketones is 1. The van der Waals surface area contributed by atoms with Gasteiger partial charge in [-0.1, -0.05) is 74.0 Å². The predicted octanol–water partition coefficient (Wildman–Crippen LogP) is 6.35. The average Bonchev–Trinajstić information content (AvgIpc) is 3.24. The van der Waals surface area contributed by atoms with Gasteiger partial charge >= 0.3 is 0 Å². The zero-order valence-electron chi connectivity index (χ0n) is 17.9. The second-order valence-electron chi connectivity index (χ2n) is 8.76. The third-order valence-electron chi connectivity index (χ3n) is 5.25. The molecule has 2 N–H and O–H groups in total. The van der Waals surface area contributed by atoms with Crippen molar-refractivity contribution in [2.45, 2.75) is 56.0 Å². The number of Topliss-reactive ketones (excluding diaryl/α,β-unsaturated/α-hetero) is 1. The fraction of sp³-hybridized carbons (Fsp3) is 0.429. The van der Waals surface area contributed by atoms with E-state index in [0.29, 0.717) is 43.0 Å². The van der Waals surface area contributed by atoms with Crippen LogP contribution in [0, 0.1) is 16.7 Å². The first kappa shape index (κ1) is 23.6. The van der Waals surface area contributed by atoms with Crippen LogP contribution < -0.4 is 10.6 Å². The number of nitrogens with two attached hydrogens (primary N) is 1. The Morgan fingerprint density at radius 2 is 2.03 bits per heavy atom. The number of anilines is 1. The number of nitriles is 1. The van der Waals surface area contributed by atoms with Crippen LogP contribution in [0.5, 0.6) is 0 Å². The van der Waals surface area contributed by atoms with Gasteiger partial charge in [-0.3, -0.25) is 9.69 Å². The number of rotatable bonds is 4. The normalized spacial score (nSPS) is 20.8. The van der Waals surface area contributed by atoms with Gasteiger partial charge in [-0.05, 0) is 17.9 Å². The highest BCUT2D eigenvalue weighted by Gasteiger charge is 2.46. The van der Waals surface area contributed by atoms with Gasteiger partial charge in [0.05, 0.1) is 26.9 Å². The molecule has 2 aromatic heterocycles. The van der Waals surface area contributed by atoms with Crippen molar-refractivity contribution >= 4 is 68.6 Å². The smallest absolute Gasteiger partial charge is 0.219 e. The summed E-state index contributed by atoms with van der Waals surface area (Å²) in [4.78, 5) is 15.9. The predicted molar refractivity (Wildman–Crippen MR) is 132 cm³/mol. The van der Waals surface area contributed by atoms with Crippen molar-refractivity contribution in [3.63, 3.8) is 0 Å². The van der Waals surface area contributed by atoms with E-state index in [1.807, 2.05) is 0 Å². The van der Waals surface area contributed by atoms with Gasteiger partial charge in [0.25, 0.3) is 0 Å². The SMILES string of the molecule is CC(C)Sc1nnc(N2C(N)=C(C#N)[C@@H](c3sc(Cl)cc3Cl)C3=C2CC(C)(C)CC3=O)s1. The lowest BCUT2D eigenvalue weighted by Crippen LogP contribution is -2.42. The Bertz CT molecular complexity index is 1200. The van der Waals surface area contributed by atoms with E-state index >= 15 is 0 Å². The fourth-order valence-corrected chi connectivity index (χ4v) is 7.90. The van der Waals surface area contributed by atoms with Gasteiger partial charge in [-0.15, -0.1) is 21.5 Å². The molecule has 32 heavy (non-hydrogen) atoms. The van der Waals surface area contributed by atoms with Crippen molar-refractivity contribution in [3.05, 3.63) is 43.0 Å². The van der Waals surface area contributed by atoms with Gasteiger partial charge in [0, 0.05) is 27.8 Å². The summed E-state index contributed by atoms with van der Waals surface area (Å²) in [5.74, 6) is -0.412. The molecule has 1 aliphatic carbocycles. The van der Waals surface area contributed by atoms with E-state index in [1.165, 1.54) is 22.7 Å². The van der Waals surface area contributed by atoms with Crippen LogP contribution in [0.25, 0.3) is 0 Å². The molecule has 0 spiro atoms. The minimum Gasteiger partial charge on any atom is -0.384 e. The first-order valence-corrected chi connectivity index (χ1v) is 13.2. The van der Waals surface area contributed by atoms with Gasteiger partial charge in [0.1, 0.15) is 5.82 Å². The maximum absolute atomic E-state index is 13.5. The molecule has 11 heteroatoms. The second-order valence-corrected chi connectivity index (χ2v) is 13.7. The zero-order chi connectivity index (χ0) is 23.4. The fourth-order valence-electron chi connectivity index (χ4n) is 4.08. The first-order chi connectivity index (χ1) is 15.0. The molecule has 2 aromatic rings. The van der Waals surface area contributed by atoms with Crippen LogP contribution in [0.2, 0.25) is 9.36 Å². The van der Waals surface area contributed by atoms with E-state index in [-0.39, 0.29) is 22.6 Å². The molecule has 0 saturated carbocycles. The van der Waals surface area contributed by atoms with Gasteiger partial charge in [-0.2, -0.15) is 5.26 Å². The maximum atomic E-state index is 13.5. The molecule has 0 bridgehead atoms. The molecular weight excluding hydrogens is 505 g/mol. The molecule has 4 rings (SSSR count). The molecule has 0 saturated heterocycles. The van der Waals surface area contributed by atoms with Crippen LogP contribution in [0.15, 0.2) is 33.1 Å². The molecule has 1 atom stereocenters. The number of aromatic nitrogens is 2. The largest absolute Gasteiger partial charge is 0.384 e. The number of allylic oxidation sites excluding steroid dienone is 3. The second kappa shape index (κ2) is 8.65. The number of carbonyl (C=O) groups is 1. The van der Waals surface area contributed by atoms with Gasteiger partial charge in [0.15, 0.2) is 10.1 Å². The van der Waals surface area contributed by atoms with E-state index in [0.717, 1.165) is 10.0 Å². The molecule has 0 fully saturated rings. The highest BCUT2D eigenvalue weighted by atomic mass is 35.5. The molecule has 0 aromatic carbocycles. The summed E-state index contributed by atoms with van der Waals surface area (Å²) in [7, 11) is 0. The summed E-state index contributed by atoms with van der Waals surface area (Å²) in [6.07, 6.45) is 0.975. The topological polar surface area (TPSA) is 95.9 Å². The lowest BCUT2D eigenvalue weighted by Gasteiger charge is -2.42. The number of thiophene rings is 1. The monoisotopic (exact) mass is 525 g/mol. The number of hydrogen-bond acceptors (Lipinski definition) is 9. The number of carbonyl (C=O) groups excluding carboxylic acids is 1. The average molecular weight is 527 g/mol. The highest BCUT2D eigenvalue weighted by Crippen LogP contribution is 2.53. The molecule has 1 aliphatic heterocycles. The van der Waals surface area contributed by atoms with Crippen LogP contribution in [0.3, 0.4) is 0 Å². The van der Waals surface area contributed by atoms with Gasteiger partial charge < -0.3 is 5.73 Å². The molecule has 0 amide bonds. The first-order valence-electron chi connectivity index (χ1n) is 9.93. The summed E-state index contributed by atoms with van der Waals surface area (Å²) >= 11 is 17.0. The van der Waals surface area contributed by atoms with E-state index < -0.39 is 5.92 Å². The summed E-state index contributed by atoms with van der Waals surface area (Å²) in [6.45, 7) is 8.27. The van der Waals surface area contributed by atoms with Crippen LogP contribution in [0.4, 0.5) is 5.13 Å². The Morgan fingerprint density at radius 1 is 1.31 bits per heavy atom. The molecular formula is C21H21Cl2N5OS3. The van der Waals surface area contributed by atoms with Crippen LogP contribution in [-0.2, 0) is 4.79 Å². The van der Waals surface area contributed by atoms with E-state index in [4.69, 9.17) is 28.9 Å². The Labute approximate surface area is 209 Å². The Balaban J connectivity index is 1.94. The van der Waals surface area contributed by atoms with Crippen molar-refractivity contribution < 1.29 is 4.79 Å². The molecule has 168 valence electrons. The molecule has 0 radical (unpaired) electrons. The van der Waals surface area contributed by atoms with Crippen molar-refractivity contribution in [1.29, 1.82) is 5.26 Å². The van der Waals surface area contributed by atoms with Crippen LogP contribution in [0.1, 0.15) is 51.3 Å². The third kappa shape index (κ3) is 4.19. The Hall–Kier alpha value is -1.57. The minimum absolute atomic E-state index is 0.0200. The van der Waals surface area contributed by atoms with Gasteiger partial charge in [0.2, 0.25) is 5.13 Å². The number of hydrogen-bond donors (Lipinski definition) is 1. The van der Waals surface area contributed by atoms with Crippen LogP contribution >= 0.6 is 57.6 Å². The highest BCUT2D eigenvalue weighted by molar-refractivity contribution is 8.01. The van der Waals surface area contributed by atoms with Gasteiger partial charge in [-0.25, -0.2) is 0 Å². The lowest BCUT2D eigenvalue weighted by atomic mass is 9.70. The summed E-state index contributed by atoms with van der Waals surface area (Å²) in [5, 5.41) is 20.1. The van der Waals surface area contributed by atoms with Crippen molar-refractivity contribution in [2.24, 2.45) is 11.1 Å². The van der Waals surface area contributed by atoms with Crippen molar-refractivity contribution in [2.75, 3.05) is 4.90 Å². The molecule has 6 nitrogen and oxygen atoms in total. The van der Waals surface area contributed by atoms with Crippen molar-refractivity contribution in [3.8, 4) is 6.07 Å². The molecule has 3 heterocycles. The summed E-state index contributed by atoms with van der Waals surface area (Å²) in [6, 6.07) is 3.87. The standard InChI is InChI=1S/C21H21Cl2N5OS3/c1-9(2)30-20-27-26-19(32-20)28-12-6-21(3,4)7-13(29)16(12)15(10(8-24)18(28)25)17-11(22)5-14(23)31-17/h5,9,15H,6-7,25H2,1-4H3/t15-/m1/s1. The minimum atomic E-state index is -0.641.